The zero-order chi connectivity index (χ0) is 32.8. The van der Waals surface area contributed by atoms with Crippen molar-refractivity contribution in [3.8, 4) is 5.75 Å². The van der Waals surface area contributed by atoms with Crippen LogP contribution in [0.4, 0.5) is 11.4 Å². The molecule has 7 nitrogen and oxygen atoms in total. The maximum atomic E-state index is 14.2. The number of aliphatic hydroxyl groups is 1. The number of ether oxygens (including phenoxy) is 1. The lowest BCUT2D eigenvalue weighted by Crippen LogP contribution is -2.56. The third-order valence-electron chi connectivity index (χ3n) is 8.91. The van der Waals surface area contributed by atoms with Crippen molar-refractivity contribution in [2.24, 2.45) is 11.8 Å². The summed E-state index contributed by atoms with van der Waals surface area (Å²) in [5.74, 6) is -4.19. The predicted octanol–water partition coefficient (Wildman–Crippen LogP) is 7.02. The molecular weight excluding hydrogens is 576 g/mol. The van der Waals surface area contributed by atoms with Crippen molar-refractivity contribution in [2.45, 2.75) is 65.1 Å². The highest BCUT2D eigenvalue weighted by molar-refractivity contribution is 6.10. The molecule has 0 bridgehead atoms. The Labute approximate surface area is 271 Å². The van der Waals surface area contributed by atoms with E-state index in [1.807, 2.05) is 87.5 Å². The molecule has 238 valence electrons. The number of anilines is 2. The fraction of sp³-hybridized carbons (Fsp3) is 0.308. The van der Waals surface area contributed by atoms with Gasteiger partial charge in [0.2, 0.25) is 11.8 Å². The van der Waals surface area contributed by atoms with E-state index in [2.05, 4.69) is 10.6 Å². The van der Waals surface area contributed by atoms with Crippen LogP contribution in [0.15, 0.2) is 97.1 Å². The van der Waals surface area contributed by atoms with Crippen molar-refractivity contribution in [1.82, 2.24) is 0 Å². The van der Waals surface area contributed by atoms with Crippen LogP contribution in [0.3, 0.4) is 0 Å². The number of nitrogens with one attached hydrogen (secondary N) is 2. The van der Waals surface area contributed by atoms with Crippen LogP contribution < -0.4 is 15.4 Å². The predicted molar refractivity (Wildman–Crippen MR) is 181 cm³/mol. The van der Waals surface area contributed by atoms with Gasteiger partial charge in [-0.15, -0.1) is 0 Å². The van der Waals surface area contributed by atoms with E-state index >= 15 is 0 Å². The zero-order valence-corrected chi connectivity index (χ0v) is 26.9. The molecule has 5 rings (SSSR count). The Morgan fingerprint density at radius 3 is 2.02 bits per heavy atom. The van der Waals surface area contributed by atoms with Gasteiger partial charge in [0.05, 0.1) is 11.5 Å². The number of benzene rings is 4. The number of carbonyl (C=O) groups excluding carboxylic acids is 3. The van der Waals surface area contributed by atoms with Gasteiger partial charge in [-0.1, -0.05) is 92.2 Å². The number of para-hydroxylation sites is 2. The molecule has 3 N–H and O–H groups in total. The van der Waals surface area contributed by atoms with Crippen LogP contribution in [-0.2, 0) is 33.8 Å². The molecule has 1 saturated carbocycles. The first-order valence-electron chi connectivity index (χ1n) is 15.9. The molecule has 0 aromatic heterocycles. The summed E-state index contributed by atoms with van der Waals surface area (Å²) in [6.45, 7) is 7.84. The van der Waals surface area contributed by atoms with Crippen molar-refractivity contribution >= 4 is 29.0 Å². The summed E-state index contributed by atoms with van der Waals surface area (Å²) in [5.41, 5.74) is 4.10. The number of amides is 2. The Morgan fingerprint density at radius 1 is 0.826 bits per heavy atom. The first-order valence-corrected chi connectivity index (χ1v) is 15.9. The summed E-state index contributed by atoms with van der Waals surface area (Å²) < 4.78 is 6.14. The number of hydrogen-bond acceptors (Lipinski definition) is 5. The molecular formula is C39H42N2O5. The zero-order valence-electron chi connectivity index (χ0n) is 26.9. The van der Waals surface area contributed by atoms with E-state index < -0.39 is 41.0 Å². The summed E-state index contributed by atoms with van der Waals surface area (Å²) in [6.07, 6.45) is 1.05. The summed E-state index contributed by atoms with van der Waals surface area (Å²) in [5, 5.41) is 17.8. The molecule has 1 aliphatic carbocycles. The Morgan fingerprint density at radius 2 is 1.41 bits per heavy atom. The fourth-order valence-corrected chi connectivity index (χ4v) is 6.48. The minimum absolute atomic E-state index is 0.320. The molecule has 4 aromatic rings. The molecule has 4 unspecified atom stereocenters. The van der Waals surface area contributed by atoms with Crippen LogP contribution in [0.5, 0.6) is 5.75 Å². The third kappa shape index (κ3) is 7.21. The van der Waals surface area contributed by atoms with Gasteiger partial charge in [0, 0.05) is 23.7 Å². The molecule has 1 fully saturated rings. The van der Waals surface area contributed by atoms with E-state index in [1.165, 1.54) is 6.92 Å². The molecule has 0 heterocycles. The first-order chi connectivity index (χ1) is 22.1. The molecule has 2 amide bonds. The number of carbonyl (C=O) groups is 3. The first kappa shape index (κ1) is 32.6. The van der Waals surface area contributed by atoms with Gasteiger partial charge in [-0.2, -0.15) is 0 Å². The van der Waals surface area contributed by atoms with Gasteiger partial charge in [-0.25, -0.2) is 0 Å². The Bertz CT molecular complexity index is 1710. The van der Waals surface area contributed by atoms with Gasteiger partial charge < -0.3 is 20.5 Å². The maximum Gasteiger partial charge on any atom is 0.235 e. The second-order valence-corrected chi connectivity index (χ2v) is 12.3. The monoisotopic (exact) mass is 618 g/mol. The summed E-state index contributed by atoms with van der Waals surface area (Å²) >= 11 is 0. The van der Waals surface area contributed by atoms with Gasteiger partial charge in [-0.3, -0.25) is 14.4 Å². The van der Waals surface area contributed by atoms with Crippen molar-refractivity contribution in [2.75, 3.05) is 10.6 Å². The van der Waals surface area contributed by atoms with Gasteiger partial charge in [0.1, 0.15) is 24.1 Å². The lowest BCUT2D eigenvalue weighted by atomic mass is 9.61. The maximum absolute atomic E-state index is 14.2. The molecule has 1 aliphatic rings. The third-order valence-corrected chi connectivity index (χ3v) is 8.91. The van der Waals surface area contributed by atoms with E-state index in [0.717, 1.165) is 22.3 Å². The molecule has 4 aromatic carbocycles. The van der Waals surface area contributed by atoms with Crippen molar-refractivity contribution in [3.05, 3.63) is 125 Å². The van der Waals surface area contributed by atoms with Crippen molar-refractivity contribution in [1.29, 1.82) is 0 Å². The molecule has 46 heavy (non-hydrogen) atoms. The lowest BCUT2D eigenvalue weighted by molar-refractivity contribution is -0.150. The molecule has 4 atom stereocenters. The number of ketones is 1. The summed E-state index contributed by atoms with van der Waals surface area (Å²) in [6, 6.07) is 30.2. The standard InChI is InChI=1S/C39H42N2O5/c1-5-27-12-7-9-16-31(27)40-37(43)35-33(42)23-39(4,45)36(38(44)41-32-17-10-8-13-28(32)6-2)34(35)29-14-11-15-30(22-29)46-24-26-20-18-25(3)19-21-26/h7-22,34-36,45H,5-6,23-24H2,1-4H3,(H,40,43)(H,41,44). The quantitative estimate of drug-likeness (QED) is 0.166. The van der Waals surface area contributed by atoms with Gasteiger partial charge in [-0.05, 0) is 73.2 Å². The average Bonchev–Trinajstić information content (AvgIpc) is 3.04. The summed E-state index contributed by atoms with van der Waals surface area (Å²) in [7, 11) is 0. The van der Waals surface area contributed by atoms with Crippen LogP contribution in [0.1, 0.15) is 60.9 Å². The number of rotatable bonds is 10. The molecule has 0 saturated heterocycles. The van der Waals surface area contributed by atoms with Crippen LogP contribution in [0.2, 0.25) is 0 Å². The van der Waals surface area contributed by atoms with E-state index in [1.54, 1.807) is 30.3 Å². The van der Waals surface area contributed by atoms with Gasteiger partial charge >= 0.3 is 0 Å². The highest BCUT2D eigenvalue weighted by Crippen LogP contribution is 2.47. The van der Waals surface area contributed by atoms with E-state index in [9.17, 15) is 19.5 Å². The molecule has 0 aliphatic heterocycles. The number of Topliss-reactive ketones (excluding diaryl/α,β-unsaturated/α-hetero) is 1. The van der Waals surface area contributed by atoms with E-state index in [4.69, 9.17) is 4.74 Å². The van der Waals surface area contributed by atoms with Crippen LogP contribution in [0.25, 0.3) is 0 Å². The summed E-state index contributed by atoms with van der Waals surface area (Å²) in [4.78, 5) is 42.2. The van der Waals surface area contributed by atoms with Crippen LogP contribution >= 0.6 is 0 Å². The minimum atomic E-state index is -1.72. The highest BCUT2D eigenvalue weighted by atomic mass is 16.5. The highest BCUT2D eigenvalue weighted by Gasteiger charge is 2.56. The second kappa shape index (κ2) is 14.1. The van der Waals surface area contributed by atoms with Gasteiger partial charge in [0.15, 0.2) is 0 Å². The number of hydrogen-bond donors (Lipinski definition) is 3. The molecule has 0 spiro atoms. The Kier molecular flexibility index (Phi) is 10.0. The number of aryl methyl sites for hydroxylation is 3. The molecule has 0 radical (unpaired) electrons. The topological polar surface area (TPSA) is 105 Å². The lowest BCUT2D eigenvalue weighted by Gasteiger charge is -2.44. The Hall–Kier alpha value is -4.75. The van der Waals surface area contributed by atoms with Crippen molar-refractivity contribution < 1.29 is 24.2 Å². The second-order valence-electron chi connectivity index (χ2n) is 12.3. The largest absolute Gasteiger partial charge is 0.489 e. The Balaban J connectivity index is 1.55. The van der Waals surface area contributed by atoms with E-state index in [0.29, 0.717) is 42.1 Å². The average molecular weight is 619 g/mol. The fourth-order valence-electron chi connectivity index (χ4n) is 6.48. The normalized spacial score (nSPS) is 21.0. The van der Waals surface area contributed by atoms with Crippen molar-refractivity contribution in [3.63, 3.8) is 0 Å². The van der Waals surface area contributed by atoms with Gasteiger partial charge in [0.25, 0.3) is 0 Å². The SMILES string of the molecule is CCc1ccccc1NC(=O)C1C(=O)CC(C)(O)C(C(=O)Nc2ccccc2CC)C1c1cccc(OCc2ccc(C)cc2)c1. The smallest absolute Gasteiger partial charge is 0.235 e. The minimum Gasteiger partial charge on any atom is -0.489 e. The molecule has 7 heteroatoms. The van der Waals surface area contributed by atoms with Crippen LogP contribution in [0, 0.1) is 18.8 Å². The van der Waals surface area contributed by atoms with E-state index in [-0.39, 0.29) is 6.42 Å². The van der Waals surface area contributed by atoms with Crippen LogP contribution in [-0.4, -0.2) is 28.3 Å².